The standard InChI is InChI=1S/C19H25BN4O5/c1-27-20-24-16-5-3-2-4-15(16)23-18(25)8-9-19(26)29-11-10-28-17-7-6-13(21)12-14(17)22/h2-7,12,20,24H,8-11,21-22H2,1H3,(H,23,25). The molecule has 0 fully saturated rings. The van der Waals surface area contributed by atoms with Gasteiger partial charge in [0.15, 0.2) is 0 Å². The number of benzene rings is 2. The van der Waals surface area contributed by atoms with E-state index in [0.717, 1.165) is 5.69 Å². The molecule has 0 unspecified atom stereocenters. The molecule has 2 aromatic carbocycles. The lowest BCUT2D eigenvalue weighted by Crippen LogP contribution is -2.18. The SMILES string of the molecule is COBNc1ccccc1NC(=O)CCC(=O)OCCOc1ccc(N)cc1N. The number of carbonyl (C=O) groups is 2. The average molecular weight is 400 g/mol. The fraction of sp³-hybridized carbons (Fsp3) is 0.263. The Bertz CT molecular complexity index is 834. The van der Waals surface area contributed by atoms with Gasteiger partial charge in [-0.15, -0.1) is 0 Å². The van der Waals surface area contributed by atoms with Gasteiger partial charge in [0, 0.05) is 24.9 Å². The normalized spacial score (nSPS) is 10.1. The Hall–Kier alpha value is -3.40. The van der Waals surface area contributed by atoms with E-state index in [-0.39, 0.29) is 32.0 Å². The predicted octanol–water partition coefficient (Wildman–Crippen LogP) is 1.52. The summed E-state index contributed by atoms with van der Waals surface area (Å²) in [6.07, 6.45) is -0.0350. The van der Waals surface area contributed by atoms with Gasteiger partial charge in [-0.05, 0) is 30.3 Å². The molecule has 0 aliphatic heterocycles. The number of hydrogen-bond donors (Lipinski definition) is 4. The first-order valence-corrected chi connectivity index (χ1v) is 9.04. The molecule has 0 saturated heterocycles. The lowest BCUT2D eigenvalue weighted by molar-refractivity contribution is -0.145. The Morgan fingerprint density at radius 3 is 2.52 bits per heavy atom. The zero-order valence-electron chi connectivity index (χ0n) is 16.3. The minimum atomic E-state index is -0.486. The van der Waals surface area contributed by atoms with Crippen molar-refractivity contribution in [3.8, 4) is 5.75 Å². The highest BCUT2D eigenvalue weighted by Gasteiger charge is 2.11. The van der Waals surface area contributed by atoms with E-state index >= 15 is 0 Å². The highest BCUT2D eigenvalue weighted by atomic mass is 16.6. The number of ether oxygens (including phenoxy) is 2. The summed E-state index contributed by atoms with van der Waals surface area (Å²) < 4.78 is 15.5. The van der Waals surface area contributed by atoms with Crippen molar-refractivity contribution in [2.45, 2.75) is 12.8 Å². The molecule has 6 N–H and O–H groups in total. The van der Waals surface area contributed by atoms with E-state index in [1.165, 1.54) is 0 Å². The van der Waals surface area contributed by atoms with Gasteiger partial charge in [-0.1, -0.05) is 12.1 Å². The van der Waals surface area contributed by atoms with Crippen LogP contribution in [0, 0.1) is 0 Å². The third kappa shape index (κ3) is 7.63. The lowest BCUT2D eigenvalue weighted by atomic mass is 10.2. The molecule has 0 spiro atoms. The maximum Gasteiger partial charge on any atom is 0.393 e. The van der Waals surface area contributed by atoms with Crippen molar-refractivity contribution >= 4 is 42.2 Å². The van der Waals surface area contributed by atoms with E-state index in [1.807, 2.05) is 12.1 Å². The molecule has 2 rings (SSSR count). The van der Waals surface area contributed by atoms with Crippen LogP contribution in [0.15, 0.2) is 42.5 Å². The molecule has 0 aliphatic rings. The van der Waals surface area contributed by atoms with E-state index in [4.69, 9.17) is 25.6 Å². The Balaban J connectivity index is 1.68. The van der Waals surface area contributed by atoms with Gasteiger partial charge in [-0.2, -0.15) is 0 Å². The largest absolute Gasteiger partial charge is 0.488 e. The van der Waals surface area contributed by atoms with Crippen LogP contribution in [-0.4, -0.2) is 39.8 Å². The number of para-hydroxylation sites is 2. The zero-order valence-corrected chi connectivity index (χ0v) is 16.3. The van der Waals surface area contributed by atoms with Crippen LogP contribution in [0.2, 0.25) is 0 Å². The number of rotatable bonds is 11. The first-order chi connectivity index (χ1) is 14.0. The second kappa shape index (κ2) is 11.4. The van der Waals surface area contributed by atoms with Crippen molar-refractivity contribution in [1.29, 1.82) is 0 Å². The molecule has 0 aromatic heterocycles. The summed E-state index contributed by atoms with van der Waals surface area (Å²) in [5.74, 6) is -0.310. The summed E-state index contributed by atoms with van der Waals surface area (Å²) >= 11 is 0. The first kappa shape index (κ1) is 21.9. The van der Waals surface area contributed by atoms with Crippen LogP contribution in [0.4, 0.5) is 22.7 Å². The summed E-state index contributed by atoms with van der Waals surface area (Å²) in [5, 5.41) is 5.79. The molecular weight excluding hydrogens is 375 g/mol. The summed E-state index contributed by atoms with van der Waals surface area (Å²) in [6.45, 7) is 0.193. The van der Waals surface area contributed by atoms with Crippen molar-refractivity contribution < 1.29 is 23.7 Å². The zero-order chi connectivity index (χ0) is 21.1. The average Bonchev–Trinajstić information content (AvgIpc) is 2.70. The smallest absolute Gasteiger partial charge is 0.393 e. The third-order valence-corrected chi connectivity index (χ3v) is 3.80. The number of nitrogen functional groups attached to an aromatic ring is 2. The van der Waals surface area contributed by atoms with Gasteiger partial charge < -0.3 is 36.1 Å². The van der Waals surface area contributed by atoms with Crippen LogP contribution in [0.25, 0.3) is 0 Å². The number of carbonyl (C=O) groups excluding carboxylic acids is 2. The van der Waals surface area contributed by atoms with E-state index in [2.05, 4.69) is 10.5 Å². The molecule has 154 valence electrons. The Morgan fingerprint density at radius 1 is 1.03 bits per heavy atom. The van der Waals surface area contributed by atoms with Crippen molar-refractivity contribution in [1.82, 2.24) is 0 Å². The summed E-state index contributed by atoms with van der Waals surface area (Å²) in [7, 11) is 1.87. The maximum atomic E-state index is 12.1. The molecule has 0 saturated carbocycles. The van der Waals surface area contributed by atoms with Gasteiger partial charge in [0.25, 0.3) is 0 Å². The van der Waals surface area contributed by atoms with Crippen LogP contribution in [0.1, 0.15) is 12.8 Å². The molecule has 29 heavy (non-hydrogen) atoms. The third-order valence-electron chi connectivity index (χ3n) is 3.80. The summed E-state index contributed by atoms with van der Waals surface area (Å²) in [4.78, 5) is 23.9. The Kier molecular flexibility index (Phi) is 8.65. The van der Waals surface area contributed by atoms with Crippen molar-refractivity contribution in [2.75, 3.05) is 42.3 Å². The fourth-order valence-corrected chi connectivity index (χ4v) is 2.40. The van der Waals surface area contributed by atoms with Gasteiger partial charge in [0.1, 0.15) is 19.0 Å². The molecule has 0 bridgehead atoms. The van der Waals surface area contributed by atoms with E-state index in [1.54, 1.807) is 37.4 Å². The van der Waals surface area contributed by atoms with E-state index in [9.17, 15) is 9.59 Å². The van der Waals surface area contributed by atoms with Crippen molar-refractivity contribution in [3.05, 3.63) is 42.5 Å². The van der Waals surface area contributed by atoms with Crippen LogP contribution in [-0.2, 0) is 19.0 Å². The minimum absolute atomic E-state index is 0.00319. The van der Waals surface area contributed by atoms with Gasteiger partial charge in [-0.3, -0.25) is 9.59 Å². The van der Waals surface area contributed by atoms with Crippen LogP contribution < -0.4 is 26.7 Å². The molecular formula is C19H25BN4O5. The molecule has 10 heteroatoms. The highest BCUT2D eigenvalue weighted by molar-refractivity contribution is 6.33. The lowest BCUT2D eigenvalue weighted by Gasteiger charge is -2.12. The summed E-state index contributed by atoms with van der Waals surface area (Å²) in [5.41, 5.74) is 13.7. The number of anilines is 4. The number of hydrogen-bond acceptors (Lipinski definition) is 8. The maximum absolute atomic E-state index is 12.1. The highest BCUT2D eigenvalue weighted by Crippen LogP contribution is 2.23. The van der Waals surface area contributed by atoms with Crippen LogP contribution >= 0.6 is 0 Å². The number of esters is 1. The Labute approximate surface area is 170 Å². The van der Waals surface area contributed by atoms with Crippen molar-refractivity contribution in [2.24, 2.45) is 0 Å². The van der Waals surface area contributed by atoms with Crippen LogP contribution in [0.5, 0.6) is 5.75 Å². The van der Waals surface area contributed by atoms with Gasteiger partial charge in [0.05, 0.1) is 17.8 Å². The van der Waals surface area contributed by atoms with E-state index < -0.39 is 5.97 Å². The summed E-state index contributed by atoms with van der Waals surface area (Å²) in [6, 6.07) is 12.1. The molecule has 0 aliphatic carbocycles. The molecule has 9 nitrogen and oxygen atoms in total. The van der Waals surface area contributed by atoms with E-state index in [0.29, 0.717) is 30.4 Å². The monoisotopic (exact) mass is 400 g/mol. The molecule has 2 aromatic rings. The molecule has 0 radical (unpaired) electrons. The van der Waals surface area contributed by atoms with Crippen LogP contribution in [0.3, 0.4) is 0 Å². The second-order valence-corrected chi connectivity index (χ2v) is 6.07. The quantitative estimate of drug-likeness (QED) is 0.193. The minimum Gasteiger partial charge on any atom is -0.488 e. The van der Waals surface area contributed by atoms with Gasteiger partial charge in [-0.25, -0.2) is 0 Å². The second-order valence-electron chi connectivity index (χ2n) is 6.07. The van der Waals surface area contributed by atoms with Gasteiger partial charge in [0.2, 0.25) is 5.91 Å². The topological polar surface area (TPSA) is 138 Å². The number of nitrogens with two attached hydrogens (primary N) is 2. The first-order valence-electron chi connectivity index (χ1n) is 9.04. The molecule has 0 atom stereocenters. The molecule has 1 amide bonds. The Morgan fingerprint density at radius 2 is 1.79 bits per heavy atom. The van der Waals surface area contributed by atoms with Gasteiger partial charge >= 0.3 is 13.6 Å². The fourth-order valence-electron chi connectivity index (χ4n) is 2.40. The number of nitrogens with one attached hydrogen (secondary N) is 2. The number of amides is 1. The predicted molar refractivity (Wildman–Crippen MR) is 114 cm³/mol. The van der Waals surface area contributed by atoms with Crippen molar-refractivity contribution in [3.63, 3.8) is 0 Å². The molecule has 0 heterocycles.